The van der Waals surface area contributed by atoms with Crippen molar-refractivity contribution in [2.24, 2.45) is 5.92 Å². The highest BCUT2D eigenvalue weighted by atomic mass is 35.5. The molecule has 3 rings (SSSR count). The number of carbonyl (C=O) groups excluding carboxylic acids is 1. The highest BCUT2D eigenvalue weighted by Crippen LogP contribution is 2.22. The number of piperazine rings is 1. The highest BCUT2D eigenvalue weighted by Gasteiger charge is 2.30. The van der Waals surface area contributed by atoms with E-state index in [1.165, 1.54) is 0 Å². The summed E-state index contributed by atoms with van der Waals surface area (Å²) in [5.74, 6) is 0.536. The van der Waals surface area contributed by atoms with Gasteiger partial charge in [0.05, 0.1) is 5.92 Å². The van der Waals surface area contributed by atoms with Crippen molar-refractivity contribution in [2.45, 2.75) is 12.8 Å². The first-order valence-corrected chi connectivity index (χ1v) is 8.49. The molecule has 1 aromatic carbocycles. The van der Waals surface area contributed by atoms with Crippen LogP contribution in [0.3, 0.4) is 0 Å². The molecule has 5 heteroatoms. The summed E-state index contributed by atoms with van der Waals surface area (Å²) in [5, 5.41) is 0.765. The van der Waals surface area contributed by atoms with E-state index in [1.54, 1.807) is 0 Å². The Morgan fingerprint density at radius 3 is 2.64 bits per heavy atom. The summed E-state index contributed by atoms with van der Waals surface area (Å²) in [4.78, 5) is 19.3. The van der Waals surface area contributed by atoms with Gasteiger partial charge in [0.25, 0.3) is 0 Å². The molecule has 0 aliphatic carbocycles. The fourth-order valence-electron chi connectivity index (χ4n) is 3.48. The fraction of sp³-hybridized carbons (Fsp3) is 0.588. The maximum Gasteiger partial charge on any atom is 0.227 e. The number of nitrogens with zero attached hydrogens (tertiary/aromatic N) is 3. The van der Waals surface area contributed by atoms with E-state index >= 15 is 0 Å². The van der Waals surface area contributed by atoms with Gasteiger partial charge in [-0.05, 0) is 44.6 Å². The Bertz CT molecular complexity index is 528. The third kappa shape index (κ3) is 3.55. The van der Waals surface area contributed by atoms with Gasteiger partial charge < -0.3 is 14.7 Å². The maximum absolute atomic E-state index is 12.7. The number of carbonyl (C=O) groups is 1. The average molecular weight is 322 g/mol. The summed E-state index contributed by atoms with van der Waals surface area (Å²) in [6, 6.07) is 7.95. The molecule has 1 unspecified atom stereocenters. The highest BCUT2D eigenvalue weighted by molar-refractivity contribution is 6.30. The van der Waals surface area contributed by atoms with Crippen molar-refractivity contribution in [2.75, 3.05) is 51.2 Å². The lowest BCUT2D eigenvalue weighted by molar-refractivity contribution is -0.137. The normalized spacial score (nSPS) is 23.6. The van der Waals surface area contributed by atoms with Crippen molar-refractivity contribution < 1.29 is 4.79 Å². The molecule has 1 aromatic rings. The average Bonchev–Trinajstić information content (AvgIpc) is 2.54. The molecule has 1 amide bonds. The summed E-state index contributed by atoms with van der Waals surface area (Å²) < 4.78 is 0. The molecule has 0 bridgehead atoms. The van der Waals surface area contributed by atoms with Gasteiger partial charge in [0.1, 0.15) is 0 Å². The topological polar surface area (TPSA) is 26.8 Å². The summed E-state index contributed by atoms with van der Waals surface area (Å²) in [7, 11) is 2.11. The summed E-state index contributed by atoms with van der Waals surface area (Å²) >= 11 is 6.06. The third-order valence-electron chi connectivity index (χ3n) is 4.74. The van der Waals surface area contributed by atoms with Crippen LogP contribution in [-0.4, -0.2) is 62.0 Å². The van der Waals surface area contributed by atoms with Crippen LogP contribution in [-0.2, 0) is 4.79 Å². The van der Waals surface area contributed by atoms with E-state index in [4.69, 9.17) is 11.6 Å². The lowest BCUT2D eigenvalue weighted by Crippen LogP contribution is -2.52. The molecule has 0 N–H and O–H groups in total. The zero-order chi connectivity index (χ0) is 15.5. The summed E-state index contributed by atoms with van der Waals surface area (Å²) in [5.41, 5.74) is 1.15. The second kappa shape index (κ2) is 6.88. The molecule has 4 nitrogen and oxygen atoms in total. The minimum absolute atomic E-state index is 0.191. The smallest absolute Gasteiger partial charge is 0.227 e. The van der Waals surface area contributed by atoms with E-state index < -0.39 is 0 Å². The zero-order valence-corrected chi connectivity index (χ0v) is 13.9. The van der Waals surface area contributed by atoms with Gasteiger partial charge in [0.2, 0.25) is 5.91 Å². The van der Waals surface area contributed by atoms with Crippen molar-refractivity contribution in [3.63, 3.8) is 0 Å². The molecular weight excluding hydrogens is 298 g/mol. The van der Waals surface area contributed by atoms with Crippen molar-refractivity contribution >= 4 is 23.2 Å². The van der Waals surface area contributed by atoms with Gasteiger partial charge in [-0.3, -0.25) is 4.79 Å². The van der Waals surface area contributed by atoms with Crippen LogP contribution in [0.5, 0.6) is 0 Å². The largest absolute Gasteiger partial charge is 0.368 e. The van der Waals surface area contributed by atoms with Crippen LogP contribution in [0, 0.1) is 5.92 Å². The minimum atomic E-state index is 0.191. The molecule has 0 aromatic heterocycles. The van der Waals surface area contributed by atoms with Gasteiger partial charge in [0, 0.05) is 43.4 Å². The van der Waals surface area contributed by atoms with Crippen LogP contribution in [0.15, 0.2) is 24.3 Å². The fourth-order valence-corrected chi connectivity index (χ4v) is 3.67. The Hall–Kier alpha value is -1.26. The van der Waals surface area contributed by atoms with Crippen LogP contribution < -0.4 is 4.90 Å². The van der Waals surface area contributed by atoms with Gasteiger partial charge in [0.15, 0.2) is 0 Å². The maximum atomic E-state index is 12.7. The Morgan fingerprint density at radius 1 is 1.18 bits per heavy atom. The molecule has 0 spiro atoms. The number of hydrogen-bond acceptors (Lipinski definition) is 3. The molecule has 2 aliphatic rings. The number of hydrogen-bond donors (Lipinski definition) is 0. The number of halogens is 1. The molecule has 2 fully saturated rings. The molecule has 120 valence electrons. The van der Waals surface area contributed by atoms with E-state index in [0.29, 0.717) is 5.91 Å². The first-order chi connectivity index (χ1) is 10.6. The molecule has 0 radical (unpaired) electrons. The number of anilines is 1. The van der Waals surface area contributed by atoms with Crippen molar-refractivity contribution in [1.29, 1.82) is 0 Å². The first kappa shape index (κ1) is 15.6. The lowest BCUT2D eigenvalue weighted by Gasteiger charge is -2.39. The minimum Gasteiger partial charge on any atom is -0.368 e. The van der Waals surface area contributed by atoms with Crippen LogP contribution in [0.1, 0.15) is 12.8 Å². The first-order valence-electron chi connectivity index (χ1n) is 8.11. The second-order valence-electron chi connectivity index (χ2n) is 6.39. The SMILES string of the molecule is CN1CCCC(C(=O)N2CCN(c3cccc(Cl)c3)CC2)C1. The Kier molecular flexibility index (Phi) is 4.89. The number of likely N-dealkylation sites (tertiary alicyclic amines) is 1. The van der Waals surface area contributed by atoms with E-state index in [1.807, 2.05) is 23.1 Å². The van der Waals surface area contributed by atoms with Gasteiger partial charge >= 0.3 is 0 Å². The molecule has 22 heavy (non-hydrogen) atoms. The molecule has 1 atom stereocenters. The van der Waals surface area contributed by atoms with Crippen LogP contribution in [0.25, 0.3) is 0 Å². The Balaban J connectivity index is 1.56. The number of benzene rings is 1. The summed E-state index contributed by atoms with van der Waals surface area (Å²) in [6.45, 7) is 5.42. The zero-order valence-electron chi connectivity index (χ0n) is 13.2. The number of rotatable bonds is 2. The third-order valence-corrected chi connectivity index (χ3v) is 4.97. The predicted octanol–water partition coefficient (Wildman–Crippen LogP) is 2.33. The van der Waals surface area contributed by atoms with E-state index in [0.717, 1.165) is 62.8 Å². The van der Waals surface area contributed by atoms with Crippen LogP contribution in [0.4, 0.5) is 5.69 Å². The Morgan fingerprint density at radius 2 is 1.95 bits per heavy atom. The van der Waals surface area contributed by atoms with Crippen molar-refractivity contribution in [3.05, 3.63) is 29.3 Å². The lowest BCUT2D eigenvalue weighted by atomic mass is 9.96. The van der Waals surface area contributed by atoms with Crippen molar-refractivity contribution in [1.82, 2.24) is 9.80 Å². The van der Waals surface area contributed by atoms with Gasteiger partial charge in [-0.25, -0.2) is 0 Å². The van der Waals surface area contributed by atoms with E-state index in [2.05, 4.69) is 22.9 Å². The monoisotopic (exact) mass is 321 g/mol. The van der Waals surface area contributed by atoms with Gasteiger partial charge in [-0.2, -0.15) is 0 Å². The molecule has 2 saturated heterocycles. The number of amides is 1. The Labute approximate surface area is 137 Å². The van der Waals surface area contributed by atoms with Crippen LogP contribution in [0.2, 0.25) is 5.02 Å². The van der Waals surface area contributed by atoms with E-state index in [-0.39, 0.29) is 5.92 Å². The standard InChI is InChI=1S/C17H24ClN3O/c1-19-7-3-4-14(13-19)17(22)21-10-8-20(9-11-21)16-6-2-5-15(18)12-16/h2,5-6,12,14H,3-4,7-11,13H2,1H3. The molecule has 2 heterocycles. The number of piperidine rings is 1. The molecule has 2 aliphatic heterocycles. The second-order valence-corrected chi connectivity index (χ2v) is 6.83. The molecular formula is C17H24ClN3O. The van der Waals surface area contributed by atoms with Crippen molar-refractivity contribution in [3.8, 4) is 0 Å². The van der Waals surface area contributed by atoms with Crippen LogP contribution >= 0.6 is 11.6 Å². The van der Waals surface area contributed by atoms with Gasteiger partial charge in [-0.1, -0.05) is 17.7 Å². The predicted molar refractivity (Wildman–Crippen MR) is 90.5 cm³/mol. The summed E-state index contributed by atoms with van der Waals surface area (Å²) in [6.07, 6.45) is 2.17. The van der Waals surface area contributed by atoms with Gasteiger partial charge in [-0.15, -0.1) is 0 Å². The quantitative estimate of drug-likeness (QED) is 0.836. The molecule has 0 saturated carbocycles. The van der Waals surface area contributed by atoms with E-state index in [9.17, 15) is 4.79 Å².